The second-order valence-corrected chi connectivity index (χ2v) is 8.67. The maximum Gasteiger partial charge on any atom is 0.413 e. The van der Waals surface area contributed by atoms with Crippen molar-refractivity contribution in [3.8, 4) is 0 Å². The van der Waals surface area contributed by atoms with Gasteiger partial charge in [-0.1, -0.05) is 0 Å². The number of halogens is 5. The van der Waals surface area contributed by atoms with Crippen LogP contribution in [0.2, 0.25) is 0 Å². The molecule has 0 aromatic carbocycles. The van der Waals surface area contributed by atoms with Crippen LogP contribution in [0.5, 0.6) is 0 Å². The summed E-state index contributed by atoms with van der Waals surface area (Å²) >= 11 is 0. The maximum atomic E-state index is 13.4. The van der Waals surface area contributed by atoms with E-state index in [1.807, 2.05) is 5.32 Å². The number of aromatic nitrogens is 3. The Morgan fingerprint density at radius 1 is 1.32 bits per heavy atom. The molecule has 1 aliphatic carbocycles. The van der Waals surface area contributed by atoms with Gasteiger partial charge in [0.25, 0.3) is 0 Å². The van der Waals surface area contributed by atoms with Gasteiger partial charge in [0.1, 0.15) is 0 Å². The van der Waals surface area contributed by atoms with E-state index in [4.69, 9.17) is 5.73 Å². The van der Waals surface area contributed by atoms with E-state index >= 15 is 0 Å². The summed E-state index contributed by atoms with van der Waals surface area (Å²) in [5, 5.41) is 6.19. The fraction of sp³-hybridized carbons (Fsp3) is 0.632. The molecule has 0 bridgehead atoms. The second kappa shape index (κ2) is 7.28. The summed E-state index contributed by atoms with van der Waals surface area (Å²) in [6.45, 7) is 0.361. The number of amides is 2. The van der Waals surface area contributed by atoms with Gasteiger partial charge in [0.15, 0.2) is 11.2 Å². The summed E-state index contributed by atoms with van der Waals surface area (Å²) < 4.78 is 67.8. The van der Waals surface area contributed by atoms with Crippen molar-refractivity contribution in [1.82, 2.24) is 24.8 Å². The zero-order valence-electron chi connectivity index (χ0n) is 16.8. The molecule has 4 rings (SSSR count). The Hall–Kier alpha value is -2.50. The van der Waals surface area contributed by atoms with Gasteiger partial charge in [0.05, 0.1) is 30.7 Å². The van der Waals surface area contributed by atoms with Gasteiger partial charge in [-0.05, 0) is 37.3 Å². The first-order valence-corrected chi connectivity index (χ1v) is 9.98. The van der Waals surface area contributed by atoms with Crippen molar-refractivity contribution < 1.29 is 26.7 Å². The predicted octanol–water partition coefficient (Wildman–Crippen LogP) is 3.40. The lowest BCUT2D eigenvalue weighted by atomic mass is 9.81. The summed E-state index contributed by atoms with van der Waals surface area (Å²) in [5.41, 5.74) is 5.40. The van der Waals surface area contributed by atoms with Crippen LogP contribution in [-0.4, -0.2) is 49.7 Å². The van der Waals surface area contributed by atoms with Gasteiger partial charge in [-0.25, -0.2) is 23.1 Å². The van der Waals surface area contributed by atoms with Crippen LogP contribution in [0.15, 0.2) is 18.5 Å². The third kappa shape index (κ3) is 4.17. The molecule has 2 fully saturated rings. The van der Waals surface area contributed by atoms with Crippen molar-refractivity contribution in [2.75, 3.05) is 6.54 Å². The van der Waals surface area contributed by atoms with E-state index in [2.05, 4.69) is 10.1 Å². The molecule has 12 heteroatoms. The minimum absolute atomic E-state index is 0.0625. The number of imidazole rings is 1. The Morgan fingerprint density at radius 2 is 2.00 bits per heavy atom. The van der Waals surface area contributed by atoms with E-state index < -0.39 is 36.3 Å². The second-order valence-electron chi connectivity index (χ2n) is 8.67. The summed E-state index contributed by atoms with van der Waals surface area (Å²) in [5.74, 6) is -2.76. The summed E-state index contributed by atoms with van der Waals surface area (Å²) in [6.07, 6.45) is -1.28. The van der Waals surface area contributed by atoms with Gasteiger partial charge in [-0.3, -0.25) is 0 Å². The van der Waals surface area contributed by atoms with Gasteiger partial charge in [0.2, 0.25) is 5.92 Å². The molecule has 1 saturated carbocycles. The fourth-order valence-electron chi connectivity index (χ4n) is 4.16. The molecule has 170 valence electrons. The molecule has 2 amide bonds. The minimum atomic E-state index is -4.57. The van der Waals surface area contributed by atoms with Crippen molar-refractivity contribution >= 4 is 11.7 Å². The van der Waals surface area contributed by atoms with E-state index in [-0.39, 0.29) is 25.3 Å². The molecule has 2 aliphatic rings. The molecule has 31 heavy (non-hydrogen) atoms. The number of rotatable bonds is 4. The van der Waals surface area contributed by atoms with Gasteiger partial charge < -0.3 is 16.0 Å². The lowest BCUT2D eigenvalue weighted by molar-refractivity contribution is -0.183. The normalized spacial score (nSPS) is 25.8. The van der Waals surface area contributed by atoms with Crippen molar-refractivity contribution in [3.05, 3.63) is 29.7 Å². The Labute approximate surface area is 174 Å². The Kier molecular flexibility index (Phi) is 5.10. The van der Waals surface area contributed by atoms with Crippen LogP contribution in [0.4, 0.5) is 26.7 Å². The molecule has 0 spiro atoms. The third-order valence-electron chi connectivity index (χ3n) is 6.18. The van der Waals surface area contributed by atoms with Gasteiger partial charge in [-0.2, -0.15) is 18.3 Å². The number of nitrogens with one attached hydrogen (secondary N) is 1. The standard InChI is InChI=1S/C19H23F5N6O/c1-17(19(22,23)24)10-29(16(31)28-17)8-11-6-14-27-13(9-30(14)26-7-11)15(25)12-2-4-18(20,21)5-3-12/h6-7,9,12,15H,2-5,8,10,25H2,1H3,(H,28,31)/t15-,17-/m0/s1. The van der Waals surface area contributed by atoms with Crippen LogP contribution in [0.25, 0.3) is 5.65 Å². The number of nitrogens with two attached hydrogens (primary N) is 1. The lowest BCUT2D eigenvalue weighted by Crippen LogP contribution is -2.53. The topological polar surface area (TPSA) is 88.6 Å². The van der Waals surface area contributed by atoms with E-state index in [9.17, 15) is 26.7 Å². The maximum absolute atomic E-state index is 13.4. The number of carbonyl (C=O) groups is 1. The molecule has 0 radical (unpaired) electrons. The van der Waals surface area contributed by atoms with Gasteiger partial charge in [-0.15, -0.1) is 0 Å². The summed E-state index contributed by atoms with van der Waals surface area (Å²) in [4.78, 5) is 17.5. The Bertz CT molecular complexity index is 982. The summed E-state index contributed by atoms with van der Waals surface area (Å²) in [7, 11) is 0. The molecule has 3 heterocycles. The van der Waals surface area contributed by atoms with Crippen LogP contribution in [0, 0.1) is 5.92 Å². The van der Waals surface area contributed by atoms with Crippen LogP contribution < -0.4 is 11.1 Å². The highest BCUT2D eigenvalue weighted by Gasteiger charge is 2.57. The highest BCUT2D eigenvalue weighted by atomic mass is 19.4. The van der Waals surface area contributed by atoms with Gasteiger partial charge in [0, 0.05) is 19.4 Å². The number of carbonyl (C=O) groups excluding carboxylic acids is 1. The molecule has 2 atom stereocenters. The zero-order valence-corrected chi connectivity index (χ0v) is 16.8. The molecular weight excluding hydrogens is 423 g/mol. The highest BCUT2D eigenvalue weighted by Crippen LogP contribution is 2.40. The van der Waals surface area contributed by atoms with Crippen molar-refractivity contribution in [2.45, 2.75) is 62.8 Å². The van der Waals surface area contributed by atoms with E-state index in [0.29, 0.717) is 29.7 Å². The van der Waals surface area contributed by atoms with Crippen molar-refractivity contribution in [1.29, 1.82) is 0 Å². The lowest BCUT2D eigenvalue weighted by Gasteiger charge is -2.31. The van der Waals surface area contributed by atoms with Crippen LogP contribution in [0.1, 0.15) is 49.9 Å². The van der Waals surface area contributed by atoms with Crippen molar-refractivity contribution in [2.24, 2.45) is 11.7 Å². The Balaban J connectivity index is 1.48. The van der Waals surface area contributed by atoms with Crippen LogP contribution >= 0.6 is 0 Å². The van der Waals surface area contributed by atoms with Crippen LogP contribution in [-0.2, 0) is 6.54 Å². The predicted molar refractivity (Wildman–Crippen MR) is 100 cm³/mol. The smallest absolute Gasteiger partial charge is 0.322 e. The number of urea groups is 1. The molecule has 2 aromatic heterocycles. The fourth-order valence-corrected chi connectivity index (χ4v) is 4.16. The molecule has 2 aromatic rings. The van der Waals surface area contributed by atoms with E-state index in [1.54, 1.807) is 12.3 Å². The van der Waals surface area contributed by atoms with E-state index in [0.717, 1.165) is 11.8 Å². The molecular formula is C19H23F5N6O. The number of alkyl halides is 5. The SMILES string of the molecule is C[C@@]1(C(F)(F)F)CN(Cc2cnn3cc([C@@H](N)C4CCC(F)(F)CC4)nc3c2)C(=O)N1. The van der Waals surface area contributed by atoms with E-state index in [1.165, 1.54) is 10.7 Å². The summed E-state index contributed by atoms with van der Waals surface area (Å²) in [6, 6.07) is 0.298. The first-order valence-electron chi connectivity index (χ1n) is 9.98. The van der Waals surface area contributed by atoms with Crippen LogP contribution in [0.3, 0.4) is 0 Å². The third-order valence-corrected chi connectivity index (χ3v) is 6.18. The number of fused-ring (bicyclic) bond motifs is 1. The highest BCUT2D eigenvalue weighted by molar-refractivity contribution is 5.78. The quantitative estimate of drug-likeness (QED) is 0.705. The minimum Gasteiger partial charge on any atom is -0.322 e. The van der Waals surface area contributed by atoms with Gasteiger partial charge >= 0.3 is 12.2 Å². The number of hydrogen-bond donors (Lipinski definition) is 2. The monoisotopic (exact) mass is 446 g/mol. The molecule has 1 aliphatic heterocycles. The average molecular weight is 446 g/mol. The van der Waals surface area contributed by atoms with Crippen molar-refractivity contribution in [3.63, 3.8) is 0 Å². The number of hydrogen-bond acceptors (Lipinski definition) is 4. The molecule has 3 N–H and O–H groups in total. The zero-order chi connectivity index (χ0) is 22.6. The largest absolute Gasteiger partial charge is 0.413 e. The average Bonchev–Trinajstić information content (AvgIpc) is 3.22. The molecule has 1 saturated heterocycles. The first kappa shape index (κ1) is 21.7. The Morgan fingerprint density at radius 3 is 2.61 bits per heavy atom. The molecule has 0 unspecified atom stereocenters. The first-order chi connectivity index (χ1) is 14.4. The molecule has 7 nitrogen and oxygen atoms in total. The number of nitrogens with zero attached hydrogens (tertiary/aromatic N) is 4.